The van der Waals surface area contributed by atoms with Crippen LogP contribution in [0, 0.1) is 5.92 Å². The fraction of sp³-hybridized carbons (Fsp3) is 0.529. The third-order valence-corrected chi connectivity index (χ3v) is 4.07. The monoisotopic (exact) mass is 288 g/mol. The Morgan fingerprint density at radius 1 is 1.14 bits per heavy atom. The molecule has 4 nitrogen and oxygen atoms in total. The van der Waals surface area contributed by atoms with E-state index in [1.165, 1.54) is 0 Å². The van der Waals surface area contributed by atoms with Crippen molar-refractivity contribution in [2.24, 2.45) is 5.92 Å². The first-order valence-electron chi connectivity index (χ1n) is 7.59. The molecule has 1 aromatic carbocycles. The van der Waals surface area contributed by atoms with E-state index in [9.17, 15) is 9.59 Å². The van der Waals surface area contributed by atoms with Crippen LogP contribution in [0.15, 0.2) is 30.3 Å². The van der Waals surface area contributed by atoms with Crippen molar-refractivity contribution in [3.63, 3.8) is 0 Å². The van der Waals surface area contributed by atoms with E-state index in [2.05, 4.69) is 19.2 Å². The predicted molar refractivity (Wildman–Crippen MR) is 82.6 cm³/mol. The molecule has 3 unspecified atom stereocenters. The molecule has 3 atom stereocenters. The van der Waals surface area contributed by atoms with Crippen LogP contribution in [0.4, 0.5) is 0 Å². The third kappa shape index (κ3) is 3.26. The molecule has 0 radical (unpaired) electrons. The summed E-state index contributed by atoms with van der Waals surface area (Å²) in [6, 6.07) is 8.91. The Kier molecular flexibility index (Phi) is 4.66. The topological polar surface area (TPSA) is 49.4 Å². The second kappa shape index (κ2) is 6.29. The molecule has 1 heterocycles. The molecule has 1 aliphatic rings. The van der Waals surface area contributed by atoms with Crippen molar-refractivity contribution in [1.82, 2.24) is 10.2 Å². The summed E-state index contributed by atoms with van der Waals surface area (Å²) in [6.45, 7) is 7.89. The molecule has 0 spiro atoms. The number of rotatable bonds is 4. The Morgan fingerprint density at radius 3 is 2.33 bits per heavy atom. The van der Waals surface area contributed by atoms with Crippen LogP contribution in [-0.4, -0.2) is 28.8 Å². The molecule has 0 aromatic heterocycles. The Bertz CT molecular complexity index is 513. The van der Waals surface area contributed by atoms with E-state index in [1.807, 2.05) is 37.3 Å². The maximum atomic E-state index is 12.7. The van der Waals surface area contributed by atoms with Gasteiger partial charge in [0.2, 0.25) is 11.8 Å². The number of carbonyl (C=O) groups is 2. The number of benzene rings is 1. The van der Waals surface area contributed by atoms with E-state index in [0.717, 1.165) is 5.56 Å². The molecule has 1 aliphatic heterocycles. The molecule has 2 rings (SSSR count). The van der Waals surface area contributed by atoms with Gasteiger partial charge in [0.25, 0.3) is 0 Å². The lowest BCUT2D eigenvalue weighted by molar-refractivity contribution is -0.151. The standard InChI is InChI=1S/C17H24N2O2/c1-11(2)10-15-17(21)19(13(4)16(20)18-15)12(3)14-8-6-5-7-9-14/h5-9,11-13,15H,10H2,1-4H3,(H,18,20). The summed E-state index contributed by atoms with van der Waals surface area (Å²) in [5.74, 6) is 0.316. The fourth-order valence-electron chi connectivity index (χ4n) is 2.90. The number of hydrogen-bond donors (Lipinski definition) is 1. The number of nitrogens with one attached hydrogen (secondary N) is 1. The van der Waals surface area contributed by atoms with E-state index < -0.39 is 12.1 Å². The lowest BCUT2D eigenvalue weighted by Crippen LogP contribution is -2.62. The smallest absolute Gasteiger partial charge is 0.246 e. The van der Waals surface area contributed by atoms with Gasteiger partial charge in [-0.25, -0.2) is 0 Å². The molecule has 114 valence electrons. The highest BCUT2D eigenvalue weighted by Gasteiger charge is 2.40. The van der Waals surface area contributed by atoms with Gasteiger partial charge in [-0.1, -0.05) is 44.2 Å². The van der Waals surface area contributed by atoms with Gasteiger partial charge < -0.3 is 10.2 Å². The maximum absolute atomic E-state index is 12.7. The zero-order valence-corrected chi connectivity index (χ0v) is 13.2. The minimum absolute atomic E-state index is 0.0205. The Labute approximate surface area is 126 Å². The molecule has 0 bridgehead atoms. The van der Waals surface area contributed by atoms with Crippen LogP contribution < -0.4 is 5.32 Å². The summed E-state index contributed by atoms with van der Waals surface area (Å²) in [4.78, 5) is 26.6. The largest absolute Gasteiger partial charge is 0.343 e. The molecule has 4 heteroatoms. The van der Waals surface area contributed by atoms with E-state index in [4.69, 9.17) is 0 Å². The average molecular weight is 288 g/mol. The van der Waals surface area contributed by atoms with Crippen LogP contribution in [-0.2, 0) is 9.59 Å². The van der Waals surface area contributed by atoms with Gasteiger partial charge in [-0.05, 0) is 31.7 Å². The lowest BCUT2D eigenvalue weighted by Gasteiger charge is -2.41. The van der Waals surface area contributed by atoms with Crippen molar-refractivity contribution in [2.45, 2.75) is 52.2 Å². The molecule has 0 aliphatic carbocycles. The highest BCUT2D eigenvalue weighted by Crippen LogP contribution is 2.26. The van der Waals surface area contributed by atoms with E-state index >= 15 is 0 Å². The van der Waals surface area contributed by atoms with Crippen LogP contribution in [0.25, 0.3) is 0 Å². The van der Waals surface area contributed by atoms with Crippen LogP contribution in [0.1, 0.15) is 45.7 Å². The SMILES string of the molecule is CC(C)CC1NC(=O)C(C)N(C(C)c2ccccc2)C1=O. The molecule has 0 saturated carbocycles. The number of carbonyl (C=O) groups excluding carboxylic acids is 2. The Hall–Kier alpha value is -1.84. The predicted octanol–water partition coefficient (Wildman–Crippen LogP) is 2.51. The van der Waals surface area contributed by atoms with Gasteiger partial charge in [0.1, 0.15) is 12.1 Å². The summed E-state index contributed by atoms with van der Waals surface area (Å²) < 4.78 is 0. The van der Waals surface area contributed by atoms with Gasteiger partial charge in [-0.3, -0.25) is 9.59 Å². The highest BCUT2D eigenvalue weighted by atomic mass is 16.2. The molecule has 2 amide bonds. The van der Waals surface area contributed by atoms with Gasteiger partial charge in [0.15, 0.2) is 0 Å². The van der Waals surface area contributed by atoms with E-state index in [1.54, 1.807) is 11.8 Å². The van der Waals surface area contributed by atoms with Crippen molar-refractivity contribution >= 4 is 11.8 Å². The number of piperazine rings is 1. The minimum atomic E-state index is -0.434. The third-order valence-electron chi connectivity index (χ3n) is 4.07. The Balaban J connectivity index is 2.26. The zero-order valence-electron chi connectivity index (χ0n) is 13.2. The first kappa shape index (κ1) is 15.5. The summed E-state index contributed by atoms with van der Waals surface area (Å²) in [5.41, 5.74) is 1.05. The van der Waals surface area contributed by atoms with Gasteiger partial charge in [-0.2, -0.15) is 0 Å². The first-order valence-corrected chi connectivity index (χ1v) is 7.59. The van der Waals surface area contributed by atoms with Crippen molar-refractivity contribution in [3.05, 3.63) is 35.9 Å². The second-order valence-electron chi connectivity index (χ2n) is 6.20. The van der Waals surface area contributed by atoms with Crippen molar-refractivity contribution < 1.29 is 9.59 Å². The fourth-order valence-corrected chi connectivity index (χ4v) is 2.90. The van der Waals surface area contributed by atoms with Gasteiger partial charge in [0.05, 0.1) is 6.04 Å². The molecular weight excluding hydrogens is 264 g/mol. The molecule has 21 heavy (non-hydrogen) atoms. The quantitative estimate of drug-likeness (QED) is 0.925. The van der Waals surface area contributed by atoms with Crippen molar-refractivity contribution in [1.29, 1.82) is 0 Å². The minimum Gasteiger partial charge on any atom is -0.343 e. The van der Waals surface area contributed by atoms with Crippen LogP contribution >= 0.6 is 0 Å². The first-order chi connectivity index (χ1) is 9.91. The molecular formula is C17H24N2O2. The normalized spacial score (nSPS) is 24.1. The van der Waals surface area contributed by atoms with Crippen LogP contribution in [0.2, 0.25) is 0 Å². The van der Waals surface area contributed by atoms with Crippen LogP contribution in [0.5, 0.6) is 0 Å². The molecule has 1 N–H and O–H groups in total. The summed E-state index contributed by atoms with van der Waals surface area (Å²) in [6.07, 6.45) is 0.676. The summed E-state index contributed by atoms with van der Waals surface area (Å²) in [7, 11) is 0. The molecule has 1 aromatic rings. The second-order valence-corrected chi connectivity index (χ2v) is 6.20. The van der Waals surface area contributed by atoms with Gasteiger partial charge in [0, 0.05) is 0 Å². The van der Waals surface area contributed by atoms with Crippen molar-refractivity contribution in [3.8, 4) is 0 Å². The lowest BCUT2D eigenvalue weighted by atomic mass is 9.96. The Morgan fingerprint density at radius 2 is 1.76 bits per heavy atom. The van der Waals surface area contributed by atoms with E-state index in [-0.39, 0.29) is 17.9 Å². The zero-order chi connectivity index (χ0) is 15.6. The molecule has 1 fully saturated rings. The average Bonchev–Trinajstić information content (AvgIpc) is 2.45. The maximum Gasteiger partial charge on any atom is 0.246 e. The van der Waals surface area contributed by atoms with Crippen LogP contribution in [0.3, 0.4) is 0 Å². The summed E-state index contributed by atoms with van der Waals surface area (Å²) >= 11 is 0. The van der Waals surface area contributed by atoms with Gasteiger partial charge >= 0.3 is 0 Å². The molecule has 1 saturated heterocycles. The van der Waals surface area contributed by atoms with Crippen molar-refractivity contribution in [2.75, 3.05) is 0 Å². The van der Waals surface area contributed by atoms with E-state index in [0.29, 0.717) is 12.3 Å². The summed E-state index contributed by atoms with van der Waals surface area (Å²) in [5, 5.41) is 2.85. The van der Waals surface area contributed by atoms with Gasteiger partial charge in [-0.15, -0.1) is 0 Å². The number of hydrogen-bond acceptors (Lipinski definition) is 2. The number of amides is 2. The number of nitrogens with zero attached hydrogens (tertiary/aromatic N) is 1. The highest BCUT2D eigenvalue weighted by molar-refractivity contribution is 5.97.